The highest BCUT2D eigenvalue weighted by molar-refractivity contribution is 7.89. The Morgan fingerprint density at radius 1 is 0.905 bits per heavy atom. The second-order valence-electron chi connectivity index (χ2n) is 10.5. The van der Waals surface area contributed by atoms with E-state index in [4.69, 9.17) is 5.14 Å². The van der Waals surface area contributed by atoms with Crippen LogP contribution in [0.2, 0.25) is 0 Å². The molecule has 5 rings (SSSR count). The molecule has 0 unspecified atom stereocenters. The Labute approximate surface area is 245 Å². The van der Waals surface area contributed by atoms with Crippen LogP contribution in [0.3, 0.4) is 0 Å². The van der Waals surface area contributed by atoms with Crippen LogP contribution in [0, 0.1) is 0 Å². The molecule has 0 aliphatic carbocycles. The zero-order chi connectivity index (χ0) is 30.0. The quantitative estimate of drug-likeness (QED) is 0.342. The number of piperazine rings is 1. The summed E-state index contributed by atoms with van der Waals surface area (Å²) in [4.78, 5) is 47.3. The molecule has 3 N–H and O–H groups in total. The van der Waals surface area contributed by atoms with E-state index < -0.39 is 10.0 Å². The Balaban J connectivity index is 1.25. The second kappa shape index (κ2) is 12.2. The van der Waals surface area contributed by atoms with Crippen molar-refractivity contribution in [1.29, 1.82) is 0 Å². The Bertz CT molecular complexity index is 1590. The third-order valence-electron chi connectivity index (χ3n) is 8.05. The number of nitrogens with two attached hydrogens (primary N) is 1. The molecular formula is C30H36N6O5S. The number of hydrogen-bond donors (Lipinski definition) is 2. The molecule has 2 aliphatic rings. The number of nitrogens with one attached hydrogen (secondary N) is 1. The highest BCUT2D eigenvalue weighted by atomic mass is 32.2. The lowest BCUT2D eigenvalue weighted by molar-refractivity contribution is -0.117. The summed E-state index contributed by atoms with van der Waals surface area (Å²) in [5, 5.41) is 9.51. The van der Waals surface area contributed by atoms with Crippen LogP contribution < -0.4 is 15.4 Å². The number of carbonyl (C=O) groups excluding carboxylic acids is 3. The summed E-state index contributed by atoms with van der Waals surface area (Å²) in [6.07, 6.45) is 0. The Hall–Kier alpha value is -3.84. The number of hydrogen-bond acceptors (Lipinski definition) is 8. The van der Waals surface area contributed by atoms with Gasteiger partial charge in [-0.2, -0.15) is 0 Å². The van der Waals surface area contributed by atoms with E-state index in [0.717, 1.165) is 24.2 Å². The van der Waals surface area contributed by atoms with Gasteiger partial charge in [-0.3, -0.25) is 24.2 Å². The summed E-state index contributed by atoms with van der Waals surface area (Å²) in [7, 11) is -3.79. The molecule has 11 nitrogen and oxygen atoms in total. The molecule has 1 fully saturated rings. The first-order chi connectivity index (χ1) is 20.1. The lowest BCUT2D eigenvalue weighted by atomic mass is 9.92. The van der Waals surface area contributed by atoms with E-state index in [2.05, 4.69) is 33.9 Å². The van der Waals surface area contributed by atoms with Gasteiger partial charge in [-0.15, -0.1) is 0 Å². The molecule has 2 aliphatic heterocycles. The number of sulfonamides is 1. The van der Waals surface area contributed by atoms with Gasteiger partial charge in [-0.25, -0.2) is 13.6 Å². The van der Waals surface area contributed by atoms with Crippen LogP contribution in [0.25, 0.3) is 10.8 Å². The predicted octanol–water partition coefficient (Wildman–Crippen LogP) is 2.19. The molecule has 3 aromatic rings. The third kappa shape index (κ3) is 6.02. The number of nitrogens with zero attached hydrogens (tertiary/aromatic N) is 4. The van der Waals surface area contributed by atoms with Crippen LogP contribution in [-0.4, -0.2) is 99.7 Å². The van der Waals surface area contributed by atoms with E-state index in [0.29, 0.717) is 61.5 Å². The normalized spacial score (nSPS) is 16.0. The average Bonchev–Trinajstić information content (AvgIpc) is 2.97. The number of anilines is 2. The van der Waals surface area contributed by atoms with Gasteiger partial charge in [0, 0.05) is 72.5 Å². The van der Waals surface area contributed by atoms with Crippen LogP contribution in [-0.2, 0) is 14.8 Å². The van der Waals surface area contributed by atoms with Crippen molar-refractivity contribution in [2.45, 2.75) is 18.7 Å². The lowest BCUT2D eigenvalue weighted by Gasteiger charge is -2.37. The van der Waals surface area contributed by atoms with E-state index in [-0.39, 0.29) is 29.2 Å². The van der Waals surface area contributed by atoms with E-state index in [1.165, 1.54) is 29.2 Å². The molecule has 222 valence electrons. The topological polar surface area (TPSA) is 136 Å². The molecule has 2 heterocycles. The van der Waals surface area contributed by atoms with Gasteiger partial charge in [0.05, 0.1) is 11.4 Å². The highest BCUT2D eigenvalue weighted by Gasteiger charge is 2.34. The summed E-state index contributed by atoms with van der Waals surface area (Å²) in [6, 6.07) is 15.2. The Kier molecular flexibility index (Phi) is 8.60. The first-order valence-electron chi connectivity index (χ1n) is 14.1. The molecule has 0 radical (unpaired) electrons. The molecule has 3 aromatic carbocycles. The standard InChI is InChI=1S/C30H36N6O5S/c1-3-33(4-2)16-19-36-29(38)24-7-5-6-23-26(13-12-25(28(23)24)30(36)39)35-17-14-34(15-18-35)20-27(37)32-21-8-10-22(11-9-21)42(31,40)41/h5-13H,3-4,14-20H2,1-2H3,(H,32,37)(H2,31,40,41). The lowest BCUT2D eigenvalue weighted by Crippen LogP contribution is -2.49. The fraction of sp³-hybridized carbons (Fsp3) is 0.367. The second-order valence-corrected chi connectivity index (χ2v) is 12.1. The smallest absolute Gasteiger partial charge is 0.261 e. The minimum atomic E-state index is -3.79. The van der Waals surface area contributed by atoms with Crippen molar-refractivity contribution >= 4 is 49.9 Å². The van der Waals surface area contributed by atoms with Crippen LogP contribution in [0.5, 0.6) is 0 Å². The van der Waals surface area contributed by atoms with E-state index in [1.54, 1.807) is 6.07 Å². The molecule has 1 saturated heterocycles. The van der Waals surface area contributed by atoms with E-state index in [1.807, 2.05) is 24.3 Å². The molecule has 0 saturated carbocycles. The van der Waals surface area contributed by atoms with Crippen molar-refractivity contribution in [2.24, 2.45) is 5.14 Å². The van der Waals surface area contributed by atoms with Crippen LogP contribution in [0.4, 0.5) is 11.4 Å². The summed E-state index contributed by atoms with van der Waals surface area (Å²) in [6.45, 7) is 9.69. The summed E-state index contributed by atoms with van der Waals surface area (Å²) in [5.74, 6) is -0.703. The zero-order valence-electron chi connectivity index (χ0n) is 23.9. The van der Waals surface area contributed by atoms with Crippen LogP contribution in [0.1, 0.15) is 34.6 Å². The zero-order valence-corrected chi connectivity index (χ0v) is 24.7. The number of rotatable bonds is 10. The molecule has 42 heavy (non-hydrogen) atoms. The maximum absolute atomic E-state index is 13.4. The van der Waals surface area contributed by atoms with E-state index in [9.17, 15) is 22.8 Å². The van der Waals surface area contributed by atoms with Crippen molar-refractivity contribution < 1.29 is 22.8 Å². The van der Waals surface area contributed by atoms with E-state index >= 15 is 0 Å². The molecule has 0 atom stereocenters. The minimum Gasteiger partial charge on any atom is -0.368 e. The average molecular weight is 593 g/mol. The molecule has 0 aromatic heterocycles. The van der Waals surface area contributed by atoms with Gasteiger partial charge in [0.15, 0.2) is 0 Å². The van der Waals surface area contributed by atoms with Gasteiger partial charge in [-0.1, -0.05) is 26.0 Å². The van der Waals surface area contributed by atoms with Gasteiger partial charge in [-0.05, 0) is 55.6 Å². The van der Waals surface area contributed by atoms with Crippen LogP contribution in [0.15, 0.2) is 59.5 Å². The Morgan fingerprint density at radius 3 is 2.17 bits per heavy atom. The number of likely N-dealkylation sites (N-methyl/N-ethyl adjacent to an activating group) is 1. The van der Waals surface area contributed by atoms with Gasteiger partial charge in [0.2, 0.25) is 15.9 Å². The van der Waals surface area contributed by atoms with Crippen molar-refractivity contribution in [1.82, 2.24) is 14.7 Å². The number of primary sulfonamides is 1. The van der Waals surface area contributed by atoms with Crippen molar-refractivity contribution in [3.8, 4) is 0 Å². The monoisotopic (exact) mass is 592 g/mol. The number of amides is 3. The molecule has 3 amide bonds. The maximum Gasteiger partial charge on any atom is 0.261 e. The third-order valence-corrected chi connectivity index (χ3v) is 8.98. The SMILES string of the molecule is CCN(CC)CCN1C(=O)c2cccc3c(N4CCN(CC(=O)Nc5ccc(S(N)(=O)=O)cc5)CC4)ccc(c23)C1=O. The first kappa shape index (κ1) is 29.6. The van der Waals surface area contributed by atoms with Crippen molar-refractivity contribution in [2.75, 3.05) is 69.1 Å². The maximum atomic E-state index is 13.4. The largest absolute Gasteiger partial charge is 0.368 e. The summed E-state index contributed by atoms with van der Waals surface area (Å²) < 4.78 is 22.9. The number of imide groups is 1. The minimum absolute atomic E-state index is 0.0170. The number of benzene rings is 3. The molecule has 0 bridgehead atoms. The highest BCUT2D eigenvalue weighted by Crippen LogP contribution is 2.36. The Morgan fingerprint density at radius 2 is 1.55 bits per heavy atom. The fourth-order valence-corrected chi connectivity index (χ4v) is 6.18. The summed E-state index contributed by atoms with van der Waals surface area (Å²) in [5.41, 5.74) is 2.56. The van der Waals surface area contributed by atoms with Crippen molar-refractivity contribution in [3.05, 3.63) is 65.7 Å². The van der Waals surface area contributed by atoms with Crippen molar-refractivity contribution in [3.63, 3.8) is 0 Å². The molecular weight excluding hydrogens is 556 g/mol. The number of carbonyl (C=O) groups is 3. The molecule has 12 heteroatoms. The van der Waals surface area contributed by atoms with Gasteiger partial charge in [0.1, 0.15) is 0 Å². The predicted molar refractivity (Wildman–Crippen MR) is 162 cm³/mol. The fourth-order valence-electron chi connectivity index (χ4n) is 5.67. The van der Waals surface area contributed by atoms with Gasteiger partial charge in [0.25, 0.3) is 11.8 Å². The summed E-state index contributed by atoms with van der Waals surface area (Å²) >= 11 is 0. The molecule has 0 spiro atoms. The first-order valence-corrected chi connectivity index (χ1v) is 15.7. The van der Waals surface area contributed by atoms with Gasteiger partial charge < -0.3 is 15.1 Å². The van der Waals surface area contributed by atoms with Gasteiger partial charge >= 0.3 is 0 Å². The van der Waals surface area contributed by atoms with Crippen LogP contribution >= 0.6 is 0 Å².